The molecule has 2 heteroatoms. The molecule has 0 atom stereocenters. The van der Waals surface area contributed by atoms with Gasteiger partial charge in [-0.1, -0.05) is 6.07 Å². The van der Waals surface area contributed by atoms with Crippen LogP contribution in [-0.4, -0.2) is 4.98 Å². The van der Waals surface area contributed by atoms with Crippen molar-refractivity contribution in [2.24, 2.45) is 0 Å². The molecule has 0 aliphatic heterocycles. The molecule has 11 heavy (non-hydrogen) atoms. The number of rotatable bonds is 0. The summed E-state index contributed by atoms with van der Waals surface area (Å²) >= 11 is 0. The molecule has 0 aliphatic carbocycles. The van der Waals surface area contributed by atoms with E-state index in [1.807, 2.05) is 24.4 Å². The summed E-state index contributed by atoms with van der Waals surface area (Å²) in [7, 11) is 0. The molecule has 56 valence electrons. The molecule has 0 fully saturated rings. The molecule has 0 amide bonds. The van der Waals surface area contributed by atoms with E-state index in [9.17, 15) is 0 Å². The van der Waals surface area contributed by atoms with Crippen LogP contribution in [0.15, 0.2) is 24.4 Å². The number of aromatic amines is 1. The van der Waals surface area contributed by atoms with Gasteiger partial charge in [0.1, 0.15) is 0 Å². The molecule has 0 saturated carbocycles. The van der Waals surface area contributed by atoms with E-state index < -0.39 is 0 Å². The second kappa shape index (κ2) is 2.02. The largest absolute Gasteiger partial charge is 0.398 e. The van der Waals surface area contributed by atoms with Gasteiger partial charge in [-0.15, -0.1) is 0 Å². The van der Waals surface area contributed by atoms with E-state index in [4.69, 9.17) is 5.73 Å². The van der Waals surface area contributed by atoms with Gasteiger partial charge in [-0.3, -0.25) is 0 Å². The van der Waals surface area contributed by atoms with Crippen LogP contribution in [0.5, 0.6) is 0 Å². The molecule has 1 heterocycles. The zero-order chi connectivity index (χ0) is 7.84. The smallest absolute Gasteiger partial charge is 0.0504 e. The summed E-state index contributed by atoms with van der Waals surface area (Å²) in [5.74, 6) is 0. The van der Waals surface area contributed by atoms with Crippen molar-refractivity contribution in [1.82, 2.24) is 4.98 Å². The quantitative estimate of drug-likeness (QED) is 0.549. The maximum atomic E-state index is 5.75. The Morgan fingerprint density at radius 2 is 2.09 bits per heavy atom. The minimum absolute atomic E-state index is 0.840. The first-order valence-corrected chi connectivity index (χ1v) is 3.61. The van der Waals surface area contributed by atoms with E-state index in [-0.39, 0.29) is 0 Å². The van der Waals surface area contributed by atoms with Gasteiger partial charge >= 0.3 is 0 Å². The van der Waals surface area contributed by atoms with Crippen molar-refractivity contribution >= 4 is 16.6 Å². The average Bonchev–Trinajstić information content (AvgIpc) is 2.45. The van der Waals surface area contributed by atoms with Crippen molar-refractivity contribution in [3.8, 4) is 0 Å². The fraction of sp³-hybridized carbons (Fsp3) is 0.111. The summed E-state index contributed by atoms with van der Waals surface area (Å²) in [4.78, 5) is 3.15. The van der Waals surface area contributed by atoms with Crippen molar-refractivity contribution in [2.45, 2.75) is 6.92 Å². The lowest BCUT2D eigenvalue weighted by molar-refractivity contribution is 1.42. The maximum Gasteiger partial charge on any atom is 0.0504 e. The van der Waals surface area contributed by atoms with Gasteiger partial charge in [0, 0.05) is 17.3 Å². The van der Waals surface area contributed by atoms with Crippen LogP contribution in [0.4, 0.5) is 5.69 Å². The van der Waals surface area contributed by atoms with E-state index in [0.29, 0.717) is 0 Å². The highest BCUT2D eigenvalue weighted by Crippen LogP contribution is 2.22. The van der Waals surface area contributed by atoms with Gasteiger partial charge in [0.25, 0.3) is 0 Å². The SMILES string of the molecule is Cc1ccc(N)c2cc[nH]c12. The van der Waals surface area contributed by atoms with E-state index in [2.05, 4.69) is 11.9 Å². The molecule has 0 aliphatic rings. The lowest BCUT2D eigenvalue weighted by Gasteiger charge is -1.98. The Bertz CT molecular complexity index is 351. The molecular formula is C9H10N2. The van der Waals surface area contributed by atoms with Crippen molar-refractivity contribution < 1.29 is 0 Å². The monoisotopic (exact) mass is 146 g/mol. The van der Waals surface area contributed by atoms with Gasteiger partial charge < -0.3 is 10.7 Å². The van der Waals surface area contributed by atoms with Gasteiger partial charge in [0.2, 0.25) is 0 Å². The highest BCUT2D eigenvalue weighted by atomic mass is 14.7. The van der Waals surface area contributed by atoms with Gasteiger partial charge in [-0.2, -0.15) is 0 Å². The number of benzene rings is 1. The summed E-state index contributed by atoms with van der Waals surface area (Å²) in [6.45, 7) is 2.07. The highest BCUT2D eigenvalue weighted by Gasteiger charge is 1.99. The molecule has 2 nitrogen and oxygen atoms in total. The number of hydrogen-bond acceptors (Lipinski definition) is 1. The van der Waals surface area contributed by atoms with Crippen molar-refractivity contribution in [3.63, 3.8) is 0 Å². The molecular weight excluding hydrogens is 136 g/mol. The van der Waals surface area contributed by atoms with Crippen LogP contribution in [0.2, 0.25) is 0 Å². The number of hydrogen-bond donors (Lipinski definition) is 2. The zero-order valence-electron chi connectivity index (χ0n) is 6.39. The van der Waals surface area contributed by atoms with Crippen LogP contribution in [-0.2, 0) is 0 Å². The average molecular weight is 146 g/mol. The summed E-state index contributed by atoms with van der Waals surface area (Å²) in [6, 6.07) is 5.96. The predicted octanol–water partition coefficient (Wildman–Crippen LogP) is 2.06. The maximum absolute atomic E-state index is 5.75. The summed E-state index contributed by atoms with van der Waals surface area (Å²) in [5.41, 5.74) is 8.97. The third kappa shape index (κ3) is 0.792. The van der Waals surface area contributed by atoms with Crippen molar-refractivity contribution in [1.29, 1.82) is 0 Å². The molecule has 0 radical (unpaired) electrons. The Kier molecular flexibility index (Phi) is 1.15. The van der Waals surface area contributed by atoms with Crippen LogP contribution >= 0.6 is 0 Å². The molecule has 0 saturated heterocycles. The molecule has 1 aromatic heterocycles. The standard InChI is InChI=1S/C9H10N2/c1-6-2-3-8(10)7-4-5-11-9(6)7/h2-5,11H,10H2,1H3. The Labute approximate surface area is 65.0 Å². The highest BCUT2D eigenvalue weighted by molar-refractivity contribution is 5.92. The zero-order valence-corrected chi connectivity index (χ0v) is 6.39. The third-order valence-corrected chi connectivity index (χ3v) is 1.97. The minimum atomic E-state index is 0.840. The predicted molar refractivity (Wildman–Crippen MR) is 47.4 cm³/mol. The first kappa shape index (κ1) is 6.28. The Morgan fingerprint density at radius 3 is 2.82 bits per heavy atom. The van der Waals surface area contributed by atoms with E-state index >= 15 is 0 Å². The molecule has 0 unspecified atom stereocenters. The number of aromatic nitrogens is 1. The third-order valence-electron chi connectivity index (χ3n) is 1.97. The number of H-pyrrole nitrogens is 1. The fourth-order valence-corrected chi connectivity index (χ4v) is 1.32. The molecule has 0 spiro atoms. The van der Waals surface area contributed by atoms with Crippen LogP contribution in [0.3, 0.4) is 0 Å². The molecule has 2 aromatic rings. The number of fused-ring (bicyclic) bond motifs is 1. The molecule has 0 bridgehead atoms. The Balaban J connectivity index is 2.96. The van der Waals surface area contributed by atoms with Gasteiger partial charge in [-0.25, -0.2) is 0 Å². The summed E-state index contributed by atoms with van der Waals surface area (Å²) in [5, 5.41) is 1.12. The summed E-state index contributed by atoms with van der Waals surface area (Å²) < 4.78 is 0. The molecule has 3 N–H and O–H groups in total. The topological polar surface area (TPSA) is 41.8 Å². The molecule has 2 rings (SSSR count). The second-order valence-corrected chi connectivity index (χ2v) is 2.74. The van der Waals surface area contributed by atoms with E-state index in [0.717, 1.165) is 16.6 Å². The van der Waals surface area contributed by atoms with Gasteiger partial charge in [0.15, 0.2) is 0 Å². The first-order chi connectivity index (χ1) is 5.29. The Morgan fingerprint density at radius 1 is 1.27 bits per heavy atom. The number of nitrogen functional groups attached to an aromatic ring is 1. The van der Waals surface area contributed by atoms with Crippen LogP contribution < -0.4 is 5.73 Å². The number of nitrogens with one attached hydrogen (secondary N) is 1. The second-order valence-electron chi connectivity index (χ2n) is 2.74. The van der Waals surface area contributed by atoms with E-state index in [1.54, 1.807) is 0 Å². The van der Waals surface area contributed by atoms with Crippen LogP contribution in [0.25, 0.3) is 10.9 Å². The van der Waals surface area contributed by atoms with Gasteiger partial charge in [0.05, 0.1) is 5.52 Å². The number of nitrogens with two attached hydrogens (primary N) is 1. The van der Waals surface area contributed by atoms with Gasteiger partial charge in [-0.05, 0) is 24.6 Å². The minimum Gasteiger partial charge on any atom is -0.398 e. The van der Waals surface area contributed by atoms with Crippen molar-refractivity contribution in [2.75, 3.05) is 5.73 Å². The van der Waals surface area contributed by atoms with Crippen LogP contribution in [0.1, 0.15) is 5.56 Å². The lowest BCUT2D eigenvalue weighted by Crippen LogP contribution is -1.85. The van der Waals surface area contributed by atoms with Crippen LogP contribution in [0, 0.1) is 6.92 Å². The lowest BCUT2D eigenvalue weighted by atomic mass is 10.1. The van der Waals surface area contributed by atoms with E-state index in [1.165, 1.54) is 5.56 Å². The fourth-order valence-electron chi connectivity index (χ4n) is 1.32. The molecule has 1 aromatic carbocycles. The number of aryl methyl sites for hydroxylation is 1. The Hall–Kier alpha value is -1.44. The summed E-state index contributed by atoms with van der Waals surface area (Å²) in [6.07, 6.45) is 1.91. The first-order valence-electron chi connectivity index (χ1n) is 3.61. The normalized spacial score (nSPS) is 10.6. The number of anilines is 1. The van der Waals surface area contributed by atoms with Crippen molar-refractivity contribution in [3.05, 3.63) is 30.0 Å².